The summed E-state index contributed by atoms with van der Waals surface area (Å²) >= 11 is 1.38. The molecular weight excluding hydrogens is 381 g/mol. The number of methoxy groups -OCH3 is 1. The average Bonchev–Trinajstić information content (AvgIpc) is 3.33. The molecule has 0 aliphatic carbocycles. The quantitative estimate of drug-likeness (QED) is 0.456. The fourth-order valence-electron chi connectivity index (χ4n) is 2.70. The Kier molecular flexibility index (Phi) is 5.07. The summed E-state index contributed by atoms with van der Waals surface area (Å²) in [5, 5.41) is 12.9. The topological polar surface area (TPSA) is 78.9 Å². The molecule has 0 N–H and O–H groups in total. The Morgan fingerprint density at radius 1 is 1.07 bits per heavy atom. The maximum atomic E-state index is 14.0. The lowest BCUT2D eigenvalue weighted by Crippen LogP contribution is -1.96. The molecule has 0 saturated heterocycles. The van der Waals surface area contributed by atoms with Gasteiger partial charge in [-0.25, -0.2) is 4.39 Å². The van der Waals surface area contributed by atoms with Gasteiger partial charge in [-0.3, -0.25) is 0 Å². The van der Waals surface area contributed by atoms with E-state index in [0.29, 0.717) is 39.8 Å². The molecule has 0 saturated carbocycles. The first kappa shape index (κ1) is 18.2. The highest BCUT2D eigenvalue weighted by atomic mass is 32.2. The highest BCUT2D eigenvalue weighted by Gasteiger charge is 2.17. The molecule has 0 radical (unpaired) electrons. The molecule has 0 atom stereocenters. The van der Waals surface area contributed by atoms with E-state index >= 15 is 0 Å². The Morgan fingerprint density at radius 3 is 2.61 bits per heavy atom. The van der Waals surface area contributed by atoms with Gasteiger partial charge in [0.25, 0.3) is 0 Å². The van der Waals surface area contributed by atoms with Crippen LogP contribution in [0.1, 0.15) is 5.89 Å². The van der Waals surface area contributed by atoms with Crippen LogP contribution in [-0.2, 0) is 12.8 Å². The Bertz CT molecular complexity index is 1110. The van der Waals surface area contributed by atoms with Crippen LogP contribution in [0.15, 0.2) is 58.2 Å². The van der Waals surface area contributed by atoms with E-state index in [1.807, 2.05) is 24.3 Å². The van der Waals surface area contributed by atoms with Crippen LogP contribution >= 0.6 is 11.8 Å². The predicted octanol–water partition coefficient (Wildman–Crippen LogP) is 3.97. The molecule has 0 amide bonds. The summed E-state index contributed by atoms with van der Waals surface area (Å²) in [7, 11) is 3.38. The SMILES string of the molecule is COc1ccccc1-c1noc(CSc2nnc(-c3ccccc3F)n2C)n1. The van der Waals surface area contributed by atoms with Crippen molar-refractivity contribution in [2.45, 2.75) is 10.9 Å². The van der Waals surface area contributed by atoms with Crippen molar-refractivity contribution in [3.8, 4) is 28.5 Å². The number of nitrogens with zero attached hydrogens (tertiary/aromatic N) is 5. The largest absolute Gasteiger partial charge is 0.496 e. The molecule has 28 heavy (non-hydrogen) atoms. The fourth-order valence-corrected chi connectivity index (χ4v) is 3.44. The minimum Gasteiger partial charge on any atom is -0.496 e. The first-order valence-electron chi connectivity index (χ1n) is 8.40. The van der Waals surface area contributed by atoms with Crippen LogP contribution < -0.4 is 4.74 Å². The van der Waals surface area contributed by atoms with E-state index in [4.69, 9.17) is 9.26 Å². The summed E-state index contributed by atoms with van der Waals surface area (Å²) in [6, 6.07) is 13.9. The number of rotatable bonds is 6. The van der Waals surface area contributed by atoms with E-state index in [1.165, 1.54) is 17.8 Å². The first-order valence-corrected chi connectivity index (χ1v) is 9.39. The molecule has 2 aromatic heterocycles. The zero-order valence-electron chi connectivity index (χ0n) is 15.2. The summed E-state index contributed by atoms with van der Waals surface area (Å²) in [4.78, 5) is 4.42. The molecule has 0 spiro atoms. The average molecular weight is 397 g/mol. The van der Waals surface area contributed by atoms with Crippen LogP contribution in [-0.4, -0.2) is 32.0 Å². The number of thioether (sulfide) groups is 1. The summed E-state index contributed by atoms with van der Waals surface area (Å²) in [5.74, 6) is 2.10. The minimum atomic E-state index is -0.340. The van der Waals surface area contributed by atoms with Gasteiger partial charge in [0.1, 0.15) is 11.6 Å². The van der Waals surface area contributed by atoms with Crippen molar-refractivity contribution in [1.82, 2.24) is 24.9 Å². The van der Waals surface area contributed by atoms with Crippen LogP contribution in [0.2, 0.25) is 0 Å². The molecule has 4 aromatic rings. The standard InChI is InChI=1S/C19H16FN5O2S/c1-25-18(12-7-3-5-9-14(12)20)22-23-19(25)28-11-16-21-17(24-27-16)13-8-4-6-10-15(13)26-2/h3-10H,11H2,1-2H3. The maximum Gasteiger partial charge on any atom is 0.237 e. The smallest absolute Gasteiger partial charge is 0.237 e. The van der Waals surface area contributed by atoms with Gasteiger partial charge in [-0.2, -0.15) is 4.98 Å². The van der Waals surface area contributed by atoms with E-state index in [2.05, 4.69) is 20.3 Å². The lowest BCUT2D eigenvalue weighted by molar-refractivity contribution is 0.390. The molecule has 2 aromatic carbocycles. The van der Waals surface area contributed by atoms with Crippen molar-refractivity contribution in [1.29, 1.82) is 0 Å². The third-order valence-electron chi connectivity index (χ3n) is 4.09. The normalized spacial score (nSPS) is 11.0. The molecule has 0 unspecified atom stereocenters. The van der Waals surface area contributed by atoms with E-state index in [9.17, 15) is 4.39 Å². The van der Waals surface area contributed by atoms with Gasteiger partial charge in [-0.05, 0) is 24.3 Å². The number of benzene rings is 2. The summed E-state index contributed by atoms with van der Waals surface area (Å²) < 4.78 is 26.4. The van der Waals surface area contributed by atoms with E-state index in [-0.39, 0.29) is 5.82 Å². The second-order valence-corrected chi connectivity index (χ2v) is 6.79. The van der Waals surface area contributed by atoms with Crippen LogP contribution in [0, 0.1) is 5.82 Å². The third-order valence-corrected chi connectivity index (χ3v) is 5.10. The van der Waals surface area contributed by atoms with Crippen molar-refractivity contribution in [3.05, 3.63) is 60.2 Å². The first-order chi connectivity index (χ1) is 13.7. The van der Waals surface area contributed by atoms with Crippen molar-refractivity contribution < 1.29 is 13.7 Å². The van der Waals surface area contributed by atoms with Crippen molar-refractivity contribution >= 4 is 11.8 Å². The van der Waals surface area contributed by atoms with E-state index in [0.717, 1.165) is 5.56 Å². The number of hydrogen-bond donors (Lipinski definition) is 0. The van der Waals surface area contributed by atoms with Crippen LogP contribution in [0.3, 0.4) is 0 Å². The predicted molar refractivity (Wildman–Crippen MR) is 102 cm³/mol. The van der Waals surface area contributed by atoms with Gasteiger partial charge < -0.3 is 13.8 Å². The van der Waals surface area contributed by atoms with Crippen LogP contribution in [0.5, 0.6) is 5.75 Å². The molecule has 142 valence electrons. The molecule has 0 bridgehead atoms. The van der Waals surface area contributed by atoms with Gasteiger partial charge in [-0.1, -0.05) is 41.2 Å². The van der Waals surface area contributed by atoms with Crippen LogP contribution in [0.25, 0.3) is 22.8 Å². The Morgan fingerprint density at radius 2 is 1.82 bits per heavy atom. The summed E-state index contributed by atoms with van der Waals surface area (Å²) in [6.45, 7) is 0. The molecule has 4 rings (SSSR count). The monoisotopic (exact) mass is 397 g/mol. The van der Waals surface area contributed by atoms with Gasteiger partial charge in [0.15, 0.2) is 11.0 Å². The van der Waals surface area contributed by atoms with Gasteiger partial charge in [0.2, 0.25) is 11.7 Å². The van der Waals surface area contributed by atoms with E-state index in [1.54, 1.807) is 36.9 Å². The van der Waals surface area contributed by atoms with Crippen LogP contribution in [0.4, 0.5) is 4.39 Å². The molecule has 0 fully saturated rings. The Balaban J connectivity index is 1.51. The highest BCUT2D eigenvalue weighted by Crippen LogP contribution is 2.29. The molecule has 0 aliphatic heterocycles. The third kappa shape index (κ3) is 3.48. The lowest BCUT2D eigenvalue weighted by atomic mass is 10.2. The molecular formula is C19H16FN5O2S. The number of aromatic nitrogens is 5. The highest BCUT2D eigenvalue weighted by molar-refractivity contribution is 7.98. The number of para-hydroxylation sites is 1. The number of halogens is 1. The van der Waals surface area contributed by atoms with Gasteiger partial charge >= 0.3 is 0 Å². The van der Waals surface area contributed by atoms with Crippen molar-refractivity contribution in [2.75, 3.05) is 7.11 Å². The second-order valence-electron chi connectivity index (χ2n) is 5.85. The van der Waals surface area contributed by atoms with Crippen molar-refractivity contribution in [3.63, 3.8) is 0 Å². The number of ether oxygens (including phenoxy) is 1. The zero-order chi connectivity index (χ0) is 19.5. The zero-order valence-corrected chi connectivity index (χ0v) is 16.0. The lowest BCUT2D eigenvalue weighted by Gasteiger charge is -2.04. The Labute approximate surface area is 164 Å². The second kappa shape index (κ2) is 7.81. The molecule has 7 nitrogen and oxygen atoms in total. The summed E-state index contributed by atoms with van der Waals surface area (Å²) in [5.41, 5.74) is 1.16. The molecule has 0 aliphatic rings. The minimum absolute atomic E-state index is 0.340. The van der Waals surface area contributed by atoms with Crippen molar-refractivity contribution in [2.24, 2.45) is 7.05 Å². The van der Waals surface area contributed by atoms with Gasteiger partial charge in [0, 0.05) is 7.05 Å². The summed E-state index contributed by atoms with van der Waals surface area (Å²) in [6.07, 6.45) is 0. The Hall–Kier alpha value is -3.20. The van der Waals surface area contributed by atoms with Gasteiger partial charge in [0.05, 0.1) is 24.0 Å². The van der Waals surface area contributed by atoms with E-state index < -0.39 is 0 Å². The molecule has 9 heteroatoms. The fraction of sp³-hybridized carbons (Fsp3) is 0.158. The number of hydrogen-bond acceptors (Lipinski definition) is 7. The maximum absolute atomic E-state index is 14.0. The van der Waals surface area contributed by atoms with Gasteiger partial charge in [-0.15, -0.1) is 10.2 Å². The molecule has 2 heterocycles.